The number of ether oxygens (including phenoxy) is 1. The number of nitrogens with one attached hydrogen (secondary N) is 2. The zero-order valence-corrected chi connectivity index (χ0v) is 23.2. The number of carbonyl (C=O) groups is 1. The summed E-state index contributed by atoms with van der Waals surface area (Å²) in [6, 6.07) is 21.6. The predicted octanol–water partition coefficient (Wildman–Crippen LogP) is 7.30. The molecule has 0 spiro atoms. The number of H-pyrrole nitrogens is 1. The summed E-state index contributed by atoms with van der Waals surface area (Å²) in [4.78, 5) is 15.9. The summed E-state index contributed by atoms with van der Waals surface area (Å²) in [5, 5.41) is 13.5. The molecule has 2 N–H and O–H groups in total. The van der Waals surface area contributed by atoms with Gasteiger partial charge in [0.05, 0.1) is 8.95 Å². The van der Waals surface area contributed by atoms with Crippen molar-refractivity contribution in [2.45, 2.75) is 13.0 Å². The molecule has 4 rings (SSSR count). The fraction of sp³-hybridized carbons (Fsp3) is 0.111. The molecule has 0 saturated heterocycles. The van der Waals surface area contributed by atoms with E-state index in [2.05, 4.69) is 58.1 Å². The van der Waals surface area contributed by atoms with Crippen LogP contribution in [0, 0.1) is 11.3 Å². The van der Waals surface area contributed by atoms with Gasteiger partial charge in [-0.05, 0) is 91.4 Å². The lowest BCUT2D eigenvalue weighted by Crippen LogP contribution is -2.26. The summed E-state index contributed by atoms with van der Waals surface area (Å²) < 4.78 is 8.41. The van der Waals surface area contributed by atoms with Gasteiger partial charge in [0.25, 0.3) is 5.91 Å². The summed E-state index contributed by atoms with van der Waals surface area (Å²) in [6.45, 7) is 0.831. The van der Waals surface area contributed by atoms with E-state index >= 15 is 0 Å². The molecule has 1 amide bonds. The van der Waals surface area contributed by atoms with E-state index in [-0.39, 0.29) is 5.57 Å². The van der Waals surface area contributed by atoms with Crippen molar-refractivity contribution in [2.75, 3.05) is 6.54 Å². The van der Waals surface area contributed by atoms with Crippen LogP contribution < -0.4 is 10.1 Å². The van der Waals surface area contributed by atoms with Gasteiger partial charge in [0.1, 0.15) is 24.0 Å². The molecule has 1 aromatic heterocycles. The smallest absolute Gasteiger partial charge is 0.261 e. The second kappa shape index (κ2) is 11.7. The third-order valence-corrected chi connectivity index (χ3v) is 7.05. The van der Waals surface area contributed by atoms with Crippen molar-refractivity contribution in [3.8, 4) is 11.8 Å². The normalized spacial score (nSPS) is 11.3. The molecule has 5 nitrogen and oxygen atoms in total. The molecule has 0 bridgehead atoms. The molecular weight excluding hydrogens is 638 g/mol. The number of rotatable bonds is 8. The van der Waals surface area contributed by atoms with E-state index in [0.717, 1.165) is 26.5 Å². The Morgan fingerprint density at radius 3 is 2.49 bits per heavy atom. The lowest BCUT2D eigenvalue weighted by Gasteiger charge is -2.12. The topological polar surface area (TPSA) is 77.9 Å². The van der Waals surface area contributed by atoms with Crippen LogP contribution >= 0.6 is 47.8 Å². The van der Waals surface area contributed by atoms with Crippen molar-refractivity contribution in [3.05, 3.63) is 103 Å². The number of para-hydroxylation sites is 1. The number of fused-ring (bicyclic) bond motifs is 1. The highest BCUT2D eigenvalue weighted by Gasteiger charge is 2.13. The highest BCUT2D eigenvalue weighted by Crippen LogP contribution is 2.36. The number of nitrogens with zero attached hydrogens (tertiary/aromatic N) is 1. The quantitative estimate of drug-likeness (QED) is 0.154. The zero-order valence-electron chi connectivity index (χ0n) is 18.4. The van der Waals surface area contributed by atoms with Crippen molar-refractivity contribution in [1.82, 2.24) is 10.3 Å². The van der Waals surface area contributed by atoms with Gasteiger partial charge in [0, 0.05) is 28.1 Å². The van der Waals surface area contributed by atoms with Crippen LogP contribution in [0.1, 0.15) is 16.7 Å². The monoisotopic (exact) mass is 655 g/mol. The second-order valence-electron chi connectivity index (χ2n) is 7.76. The summed E-state index contributed by atoms with van der Waals surface area (Å²) in [5.74, 6) is 0.238. The van der Waals surface area contributed by atoms with Gasteiger partial charge < -0.3 is 15.0 Å². The maximum atomic E-state index is 12.6. The first-order valence-corrected chi connectivity index (χ1v) is 13.1. The maximum absolute atomic E-state index is 12.6. The van der Waals surface area contributed by atoms with E-state index in [9.17, 15) is 10.1 Å². The summed E-state index contributed by atoms with van der Waals surface area (Å²) in [5.41, 5.74) is 3.95. The van der Waals surface area contributed by atoms with Gasteiger partial charge in [-0.2, -0.15) is 5.26 Å². The number of nitriles is 1. The Balaban J connectivity index is 1.40. The van der Waals surface area contributed by atoms with Gasteiger partial charge in [-0.15, -0.1) is 0 Å². The Hall–Kier alpha value is -2.86. The SMILES string of the molecule is N#C/C(=C/c1cc(Br)c(OCc2ccc(Br)cc2)c(Br)c1)C(=O)NCCc1c[nH]c2ccccc12. The first kappa shape index (κ1) is 25.2. The summed E-state index contributed by atoms with van der Waals surface area (Å²) in [7, 11) is 0. The average molecular weight is 658 g/mol. The standard InChI is InChI=1S/C27H20Br3N3O2/c28-21-7-5-17(6-8-21)16-35-26-23(29)12-18(13-24(26)30)11-20(14-31)27(34)32-10-9-19-15-33-25-4-2-1-3-22(19)25/h1-8,11-13,15,33H,9-10,16H2,(H,32,34)/b20-11-. The Bertz CT molecular complexity index is 1410. The predicted molar refractivity (Wildman–Crippen MR) is 149 cm³/mol. The van der Waals surface area contributed by atoms with E-state index < -0.39 is 5.91 Å². The van der Waals surface area contributed by atoms with Gasteiger partial charge in [0.2, 0.25) is 0 Å². The number of aromatic amines is 1. The van der Waals surface area contributed by atoms with Crippen molar-refractivity contribution in [1.29, 1.82) is 5.26 Å². The first-order valence-electron chi connectivity index (χ1n) is 10.8. The Labute approximate surface area is 228 Å². The van der Waals surface area contributed by atoms with Crippen molar-refractivity contribution < 1.29 is 9.53 Å². The molecule has 0 aliphatic carbocycles. The number of amides is 1. The summed E-state index contributed by atoms with van der Waals surface area (Å²) >= 11 is 10.5. The van der Waals surface area contributed by atoms with E-state index in [1.807, 2.05) is 72.9 Å². The van der Waals surface area contributed by atoms with Gasteiger partial charge in [-0.25, -0.2) is 0 Å². The minimum Gasteiger partial charge on any atom is -0.487 e. The van der Waals surface area contributed by atoms with Crippen molar-refractivity contribution in [2.24, 2.45) is 0 Å². The summed E-state index contributed by atoms with van der Waals surface area (Å²) in [6.07, 6.45) is 4.18. The third-order valence-electron chi connectivity index (χ3n) is 5.35. The number of carbonyl (C=O) groups excluding carboxylic acids is 1. The molecule has 0 atom stereocenters. The third kappa shape index (κ3) is 6.43. The number of halogens is 3. The van der Waals surface area contributed by atoms with Gasteiger partial charge in [0.15, 0.2) is 0 Å². The van der Waals surface area contributed by atoms with Crippen LogP contribution in [0.25, 0.3) is 17.0 Å². The van der Waals surface area contributed by atoms with E-state index in [0.29, 0.717) is 39.8 Å². The minimum absolute atomic E-state index is 0.0336. The second-order valence-corrected chi connectivity index (χ2v) is 10.4. The fourth-order valence-corrected chi connectivity index (χ4v) is 5.31. The van der Waals surface area contributed by atoms with Crippen LogP contribution in [0.4, 0.5) is 0 Å². The van der Waals surface area contributed by atoms with Crippen LogP contribution in [0.5, 0.6) is 5.75 Å². The molecular formula is C27H20Br3N3O2. The Morgan fingerprint density at radius 2 is 1.77 bits per heavy atom. The van der Waals surface area contributed by atoms with Crippen LogP contribution in [0.2, 0.25) is 0 Å². The molecule has 0 fully saturated rings. The van der Waals surface area contributed by atoms with E-state index in [1.54, 1.807) is 6.08 Å². The van der Waals surface area contributed by atoms with Crippen LogP contribution in [0.15, 0.2) is 85.9 Å². The molecule has 0 radical (unpaired) electrons. The lowest BCUT2D eigenvalue weighted by atomic mass is 10.1. The van der Waals surface area contributed by atoms with Crippen LogP contribution in [-0.2, 0) is 17.8 Å². The van der Waals surface area contributed by atoms with Gasteiger partial charge in [-0.3, -0.25) is 4.79 Å². The van der Waals surface area contributed by atoms with Crippen LogP contribution in [0.3, 0.4) is 0 Å². The van der Waals surface area contributed by atoms with E-state index in [1.165, 1.54) is 0 Å². The minimum atomic E-state index is -0.407. The molecule has 0 aliphatic rings. The zero-order chi connectivity index (χ0) is 24.8. The average Bonchev–Trinajstić information content (AvgIpc) is 3.26. The molecule has 8 heteroatoms. The molecule has 0 saturated carbocycles. The number of hydrogen-bond donors (Lipinski definition) is 2. The maximum Gasteiger partial charge on any atom is 0.261 e. The molecule has 1 heterocycles. The highest BCUT2D eigenvalue weighted by atomic mass is 79.9. The van der Waals surface area contributed by atoms with Crippen molar-refractivity contribution >= 4 is 70.7 Å². The largest absolute Gasteiger partial charge is 0.487 e. The van der Waals surface area contributed by atoms with Crippen LogP contribution in [-0.4, -0.2) is 17.4 Å². The molecule has 3 aromatic carbocycles. The Kier molecular flexibility index (Phi) is 8.45. The molecule has 4 aromatic rings. The molecule has 35 heavy (non-hydrogen) atoms. The Morgan fingerprint density at radius 1 is 1.06 bits per heavy atom. The first-order chi connectivity index (χ1) is 16.9. The lowest BCUT2D eigenvalue weighted by molar-refractivity contribution is -0.117. The number of aromatic nitrogens is 1. The number of hydrogen-bond acceptors (Lipinski definition) is 3. The van der Waals surface area contributed by atoms with Gasteiger partial charge in [-0.1, -0.05) is 46.3 Å². The van der Waals surface area contributed by atoms with Gasteiger partial charge >= 0.3 is 0 Å². The molecule has 0 unspecified atom stereocenters. The molecule has 176 valence electrons. The number of benzene rings is 3. The fourth-order valence-electron chi connectivity index (χ4n) is 3.60. The van der Waals surface area contributed by atoms with E-state index in [4.69, 9.17) is 4.74 Å². The highest BCUT2D eigenvalue weighted by molar-refractivity contribution is 9.11. The molecule has 0 aliphatic heterocycles. The van der Waals surface area contributed by atoms with Crippen molar-refractivity contribution in [3.63, 3.8) is 0 Å².